The molecule has 0 atom stereocenters. The topological polar surface area (TPSA) is 133 Å². The molecule has 0 radical (unpaired) electrons. The first-order valence-electron chi connectivity index (χ1n) is 9.18. The molecular formula is C18H18N4O6S2. The second kappa shape index (κ2) is 8.20. The summed E-state index contributed by atoms with van der Waals surface area (Å²) in [6.07, 6.45) is 2.99. The molecule has 3 aromatic rings. The van der Waals surface area contributed by atoms with Crippen LogP contribution in [0.25, 0.3) is 11.7 Å². The third-order valence-corrected chi connectivity index (χ3v) is 7.64. The maximum Gasteiger partial charge on any atom is 0.284 e. The summed E-state index contributed by atoms with van der Waals surface area (Å²) in [7, 11) is -3.80. The largest absolute Gasteiger partial charge is 0.459 e. The van der Waals surface area contributed by atoms with Gasteiger partial charge in [0.1, 0.15) is 0 Å². The molecule has 0 saturated carbocycles. The van der Waals surface area contributed by atoms with Crippen molar-refractivity contribution in [2.45, 2.75) is 34.8 Å². The van der Waals surface area contributed by atoms with E-state index in [1.807, 2.05) is 0 Å². The Morgan fingerprint density at radius 2 is 2.00 bits per heavy atom. The van der Waals surface area contributed by atoms with Gasteiger partial charge in [0.15, 0.2) is 5.76 Å². The fraction of sp³-hybridized carbons (Fsp3) is 0.333. The van der Waals surface area contributed by atoms with Crippen molar-refractivity contribution < 1.29 is 22.2 Å². The molecule has 158 valence electrons. The van der Waals surface area contributed by atoms with Gasteiger partial charge in [-0.1, -0.05) is 6.92 Å². The highest BCUT2D eigenvalue weighted by Crippen LogP contribution is 2.37. The SMILES string of the molecule is CC1CCN(S(=O)(=O)c2ccc(Sc3nnc(-c4ccco4)o3)c([N+](=O)[O-])c2)CC1. The fourth-order valence-electron chi connectivity index (χ4n) is 3.11. The predicted molar refractivity (Wildman–Crippen MR) is 106 cm³/mol. The van der Waals surface area contributed by atoms with Crippen molar-refractivity contribution in [1.29, 1.82) is 0 Å². The molecule has 0 aliphatic carbocycles. The number of aromatic nitrogens is 2. The molecule has 0 unspecified atom stereocenters. The Labute approximate surface area is 176 Å². The first-order chi connectivity index (χ1) is 14.3. The second-order valence-electron chi connectivity index (χ2n) is 6.93. The molecule has 1 fully saturated rings. The monoisotopic (exact) mass is 450 g/mol. The zero-order valence-electron chi connectivity index (χ0n) is 15.9. The minimum Gasteiger partial charge on any atom is -0.459 e. The third-order valence-electron chi connectivity index (χ3n) is 4.84. The number of rotatable bonds is 6. The molecule has 1 aliphatic rings. The number of nitro benzene ring substituents is 1. The van der Waals surface area contributed by atoms with Crippen LogP contribution in [0.5, 0.6) is 0 Å². The van der Waals surface area contributed by atoms with Crippen LogP contribution in [0.1, 0.15) is 19.8 Å². The highest BCUT2D eigenvalue weighted by atomic mass is 32.2. The zero-order chi connectivity index (χ0) is 21.3. The fourth-order valence-corrected chi connectivity index (χ4v) is 5.36. The second-order valence-corrected chi connectivity index (χ2v) is 9.86. The van der Waals surface area contributed by atoms with Gasteiger partial charge in [0.2, 0.25) is 10.0 Å². The predicted octanol–water partition coefficient (Wildman–Crippen LogP) is 3.81. The molecule has 3 heterocycles. The molecule has 0 N–H and O–H groups in total. The molecule has 12 heteroatoms. The van der Waals surface area contributed by atoms with Gasteiger partial charge in [-0.2, -0.15) is 4.31 Å². The highest BCUT2D eigenvalue weighted by molar-refractivity contribution is 7.99. The number of nitro groups is 1. The van der Waals surface area contributed by atoms with E-state index in [2.05, 4.69) is 17.1 Å². The summed E-state index contributed by atoms with van der Waals surface area (Å²) < 4.78 is 37.9. The molecular weight excluding hydrogens is 432 g/mol. The summed E-state index contributed by atoms with van der Waals surface area (Å²) in [5, 5.41) is 19.4. The maximum absolute atomic E-state index is 12.9. The zero-order valence-corrected chi connectivity index (χ0v) is 17.6. The average molecular weight is 450 g/mol. The first kappa shape index (κ1) is 20.6. The van der Waals surface area contributed by atoms with E-state index in [0.29, 0.717) is 24.8 Å². The number of benzene rings is 1. The summed E-state index contributed by atoms with van der Waals surface area (Å²) in [5.74, 6) is 0.981. The van der Waals surface area contributed by atoms with Crippen molar-refractivity contribution in [3.63, 3.8) is 0 Å². The lowest BCUT2D eigenvalue weighted by Gasteiger charge is -2.29. The van der Waals surface area contributed by atoms with Gasteiger partial charge in [-0.25, -0.2) is 8.42 Å². The lowest BCUT2D eigenvalue weighted by atomic mass is 10.0. The molecule has 0 amide bonds. The van der Waals surface area contributed by atoms with Gasteiger partial charge in [-0.15, -0.1) is 10.2 Å². The van der Waals surface area contributed by atoms with Crippen LogP contribution in [0.4, 0.5) is 5.69 Å². The van der Waals surface area contributed by atoms with Crippen molar-refractivity contribution in [2.24, 2.45) is 5.92 Å². The van der Waals surface area contributed by atoms with Gasteiger partial charge in [0, 0.05) is 19.2 Å². The Morgan fingerprint density at radius 1 is 1.23 bits per heavy atom. The van der Waals surface area contributed by atoms with Gasteiger partial charge >= 0.3 is 0 Å². The van der Waals surface area contributed by atoms with Crippen LogP contribution in [-0.4, -0.2) is 40.9 Å². The Morgan fingerprint density at radius 3 is 2.67 bits per heavy atom. The van der Waals surface area contributed by atoms with Gasteiger partial charge in [-0.3, -0.25) is 10.1 Å². The number of furan rings is 1. The average Bonchev–Trinajstić information content (AvgIpc) is 3.40. The van der Waals surface area contributed by atoms with Crippen molar-refractivity contribution in [3.8, 4) is 11.7 Å². The number of hydrogen-bond acceptors (Lipinski definition) is 9. The van der Waals surface area contributed by atoms with Crippen LogP contribution in [0.3, 0.4) is 0 Å². The Balaban J connectivity index is 1.60. The van der Waals surface area contributed by atoms with Gasteiger partial charge in [0.05, 0.1) is 21.0 Å². The molecule has 0 spiro atoms. The van der Waals surface area contributed by atoms with Crippen molar-refractivity contribution in [2.75, 3.05) is 13.1 Å². The molecule has 2 aromatic heterocycles. The summed E-state index contributed by atoms with van der Waals surface area (Å²) in [4.78, 5) is 11.1. The van der Waals surface area contributed by atoms with Crippen LogP contribution >= 0.6 is 11.8 Å². The number of hydrogen-bond donors (Lipinski definition) is 0. The van der Waals surface area contributed by atoms with Gasteiger partial charge < -0.3 is 8.83 Å². The number of piperidine rings is 1. The lowest BCUT2D eigenvalue weighted by molar-refractivity contribution is -0.388. The standard InChI is InChI=1S/C18H18N4O6S2/c1-12-6-8-21(9-7-12)30(25,26)13-4-5-16(14(11-13)22(23)24)29-18-20-19-17(28-18)15-3-2-10-27-15/h2-5,10-12H,6-9H2,1H3. The summed E-state index contributed by atoms with van der Waals surface area (Å²) in [5.41, 5.74) is -0.343. The van der Waals surface area contributed by atoms with E-state index in [1.54, 1.807) is 12.1 Å². The van der Waals surface area contributed by atoms with E-state index >= 15 is 0 Å². The minimum absolute atomic E-state index is 0.0742. The molecule has 0 bridgehead atoms. The molecule has 4 rings (SSSR count). The van der Waals surface area contributed by atoms with E-state index in [9.17, 15) is 18.5 Å². The molecule has 30 heavy (non-hydrogen) atoms. The van der Waals surface area contributed by atoms with Crippen molar-refractivity contribution >= 4 is 27.5 Å². The van der Waals surface area contributed by atoms with E-state index < -0.39 is 14.9 Å². The number of nitrogens with zero attached hydrogens (tertiary/aromatic N) is 4. The third kappa shape index (κ3) is 4.11. The molecule has 1 saturated heterocycles. The molecule has 10 nitrogen and oxygen atoms in total. The Hall–Kier alpha value is -2.70. The maximum atomic E-state index is 12.9. The summed E-state index contributed by atoms with van der Waals surface area (Å²) >= 11 is 0.884. The quantitative estimate of drug-likeness (QED) is 0.406. The first-order valence-corrected chi connectivity index (χ1v) is 11.4. The van der Waals surface area contributed by atoms with E-state index in [4.69, 9.17) is 8.83 Å². The Kier molecular flexibility index (Phi) is 5.62. The van der Waals surface area contributed by atoms with Crippen molar-refractivity contribution in [3.05, 3.63) is 46.7 Å². The van der Waals surface area contributed by atoms with E-state index in [1.165, 1.54) is 22.7 Å². The summed E-state index contributed by atoms with van der Waals surface area (Å²) in [6.45, 7) is 2.90. The minimum atomic E-state index is -3.80. The van der Waals surface area contributed by atoms with Gasteiger partial charge in [0.25, 0.3) is 16.8 Å². The molecule has 1 aromatic carbocycles. The van der Waals surface area contributed by atoms with E-state index in [-0.39, 0.29) is 26.6 Å². The van der Waals surface area contributed by atoms with Crippen LogP contribution in [-0.2, 0) is 10.0 Å². The van der Waals surface area contributed by atoms with Gasteiger partial charge in [-0.05, 0) is 54.8 Å². The summed E-state index contributed by atoms with van der Waals surface area (Å²) in [6, 6.07) is 7.15. The van der Waals surface area contributed by atoms with Crippen LogP contribution in [0.15, 0.2) is 60.4 Å². The lowest BCUT2D eigenvalue weighted by Crippen LogP contribution is -2.37. The van der Waals surface area contributed by atoms with Crippen LogP contribution in [0.2, 0.25) is 0 Å². The Bertz CT molecular complexity index is 1150. The van der Waals surface area contributed by atoms with Crippen LogP contribution in [0, 0.1) is 16.0 Å². The van der Waals surface area contributed by atoms with E-state index in [0.717, 1.165) is 30.7 Å². The normalized spacial score (nSPS) is 16.0. The molecule has 1 aliphatic heterocycles. The highest BCUT2D eigenvalue weighted by Gasteiger charge is 2.30. The number of sulfonamides is 1. The van der Waals surface area contributed by atoms with Crippen LogP contribution < -0.4 is 0 Å². The smallest absolute Gasteiger partial charge is 0.284 e. The van der Waals surface area contributed by atoms with Crippen molar-refractivity contribution in [1.82, 2.24) is 14.5 Å².